The number of guanidine groups is 1. The minimum Gasteiger partial charge on any atom is -0.361 e. The number of hydrogen-bond donors (Lipinski definition) is 3. The zero-order chi connectivity index (χ0) is 16.8. The number of aromatic amines is 1. The first kappa shape index (κ1) is 19.7. The Kier molecular flexibility index (Phi) is 7.70. The maximum Gasteiger partial charge on any atom is 0.191 e. The third-order valence-electron chi connectivity index (χ3n) is 3.73. The van der Waals surface area contributed by atoms with Gasteiger partial charge >= 0.3 is 0 Å². The summed E-state index contributed by atoms with van der Waals surface area (Å²) in [5, 5.41) is 9.74. The highest BCUT2D eigenvalue weighted by Crippen LogP contribution is 2.19. The predicted octanol–water partition coefficient (Wildman–Crippen LogP) is 4.28. The van der Waals surface area contributed by atoms with Crippen molar-refractivity contribution in [3.8, 4) is 0 Å². The number of nitrogens with one attached hydrogen (secondary N) is 3. The quantitative estimate of drug-likeness (QED) is 0.285. The van der Waals surface area contributed by atoms with Crippen LogP contribution in [0.2, 0.25) is 0 Å². The number of hydrogen-bond acceptors (Lipinski definition) is 2. The second-order valence-corrected chi connectivity index (χ2v) is 6.49. The molecule has 0 aliphatic heterocycles. The first-order valence-electron chi connectivity index (χ1n) is 8.06. The number of rotatable bonds is 6. The Morgan fingerprint density at radius 3 is 2.92 bits per heavy atom. The molecule has 25 heavy (non-hydrogen) atoms. The molecule has 0 aliphatic rings. The predicted molar refractivity (Wildman–Crippen MR) is 115 cm³/mol. The fraction of sp³-hybridized carbons (Fsp3) is 0.278. The van der Waals surface area contributed by atoms with Crippen LogP contribution in [0.4, 0.5) is 4.39 Å². The van der Waals surface area contributed by atoms with Gasteiger partial charge in [-0.3, -0.25) is 0 Å². The molecule has 0 bridgehead atoms. The van der Waals surface area contributed by atoms with Crippen molar-refractivity contribution in [2.75, 3.05) is 13.1 Å². The van der Waals surface area contributed by atoms with Crippen molar-refractivity contribution in [2.45, 2.75) is 19.9 Å². The lowest BCUT2D eigenvalue weighted by atomic mass is 10.1. The van der Waals surface area contributed by atoms with E-state index in [1.165, 1.54) is 22.6 Å². The van der Waals surface area contributed by atoms with Gasteiger partial charge in [-0.05, 0) is 48.6 Å². The second kappa shape index (κ2) is 9.76. The smallest absolute Gasteiger partial charge is 0.191 e. The van der Waals surface area contributed by atoms with Crippen LogP contribution in [0.3, 0.4) is 0 Å². The molecule has 4 nitrogen and oxygen atoms in total. The van der Waals surface area contributed by atoms with E-state index in [0.717, 1.165) is 36.4 Å². The Morgan fingerprint density at radius 2 is 2.16 bits per heavy atom. The van der Waals surface area contributed by atoms with Crippen LogP contribution in [-0.2, 0) is 13.0 Å². The van der Waals surface area contributed by atoms with Crippen LogP contribution < -0.4 is 10.6 Å². The Balaban J connectivity index is 0.00000225. The van der Waals surface area contributed by atoms with E-state index in [2.05, 4.69) is 39.0 Å². The number of aliphatic imine (C=N–C) groups is 1. The van der Waals surface area contributed by atoms with E-state index >= 15 is 0 Å². The van der Waals surface area contributed by atoms with Crippen LogP contribution in [0.15, 0.2) is 46.9 Å². The van der Waals surface area contributed by atoms with Gasteiger partial charge in [0.15, 0.2) is 5.96 Å². The molecule has 0 atom stereocenters. The highest BCUT2D eigenvalue weighted by molar-refractivity contribution is 14.0. The average molecular weight is 472 g/mol. The Morgan fingerprint density at radius 1 is 1.28 bits per heavy atom. The summed E-state index contributed by atoms with van der Waals surface area (Å²) in [5.41, 5.74) is 2.01. The second-order valence-electron chi connectivity index (χ2n) is 5.46. The Hall–Kier alpha value is -1.61. The molecule has 1 aromatic carbocycles. The van der Waals surface area contributed by atoms with Gasteiger partial charge in [0.05, 0.1) is 6.54 Å². The SMILES string of the molecule is CCNC(=NCc1cccs1)NCCc1c[nH]c2cc(F)ccc12.I. The average Bonchev–Trinajstić information content (AvgIpc) is 3.22. The number of benzene rings is 1. The molecule has 0 saturated carbocycles. The molecule has 0 amide bonds. The largest absolute Gasteiger partial charge is 0.361 e. The lowest BCUT2D eigenvalue weighted by molar-refractivity contribution is 0.629. The molecule has 0 fully saturated rings. The molecule has 2 heterocycles. The van der Waals surface area contributed by atoms with E-state index in [1.54, 1.807) is 11.3 Å². The molecule has 3 N–H and O–H groups in total. The van der Waals surface area contributed by atoms with Crippen LogP contribution >= 0.6 is 35.3 Å². The van der Waals surface area contributed by atoms with Gasteiger partial charge in [-0.2, -0.15) is 0 Å². The number of thiophene rings is 1. The van der Waals surface area contributed by atoms with Crippen molar-refractivity contribution in [1.29, 1.82) is 0 Å². The number of aromatic nitrogens is 1. The molecule has 7 heteroatoms. The van der Waals surface area contributed by atoms with Gasteiger partial charge in [0.2, 0.25) is 0 Å². The summed E-state index contributed by atoms with van der Waals surface area (Å²) >= 11 is 1.71. The zero-order valence-corrected chi connectivity index (χ0v) is 17.2. The van der Waals surface area contributed by atoms with E-state index in [-0.39, 0.29) is 29.8 Å². The van der Waals surface area contributed by atoms with Crippen molar-refractivity contribution in [1.82, 2.24) is 15.6 Å². The molecule has 3 rings (SSSR count). The Labute approximate surface area is 168 Å². The van der Waals surface area contributed by atoms with Crippen LogP contribution in [0.5, 0.6) is 0 Å². The summed E-state index contributed by atoms with van der Waals surface area (Å²) < 4.78 is 13.2. The summed E-state index contributed by atoms with van der Waals surface area (Å²) in [7, 11) is 0. The minimum absolute atomic E-state index is 0. The van der Waals surface area contributed by atoms with Crippen LogP contribution in [0.1, 0.15) is 17.4 Å². The first-order valence-corrected chi connectivity index (χ1v) is 8.94. The normalized spacial score (nSPS) is 11.4. The maximum atomic E-state index is 13.2. The van der Waals surface area contributed by atoms with Crippen LogP contribution in [-0.4, -0.2) is 24.0 Å². The summed E-state index contributed by atoms with van der Waals surface area (Å²) in [5.74, 6) is 0.598. The molecular formula is C18H22FIN4S. The van der Waals surface area contributed by atoms with Gasteiger partial charge in [0, 0.05) is 35.1 Å². The van der Waals surface area contributed by atoms with Crippen molar-refractivity contribution in [2.24, 2.45) is 4.99 Å². The van der Waals surface area contributed by atoms with Crippen molar-refractivity contribution in [3.05, 3.63) is 58.2 Å². The van der Waals surface area contributed by atoms with E-state index < -0.39 is 0 Å². The molecule has 3 aromatic rings. The first-order chi connectivity index (χ1) is 11.8. The molecule has 0 unspecified atom stereocenters. The monoisotopic (exact) mass is 472 g/mol. The summed E-state index contributed by atoms with van der Waals surface area (Å²) in [6, 6.07) is 8.98. The van der Waals surface area contributed by atoms with Gasteiger partial charge < -0.3 is 15.6 Å². The van der Waals surface area contributed by atoms with Gasteiger partial charge in [0.1, 0.15) is 5.82 Å². The third kappa shape index (κ3) is 5.43. The fourth-order valence-corrected chi connectivity index (χ4v) is 3.21. The fourth-order valence-electron chi connectivity index (χ4n) is 2.58. The molecule has 2 aromatic heterocycles. The number of nitrogens with zero attached hydrogens (tertiary/aromatic N) is 1. The van der Waals surface area contributed by atoms with Crippen molar-refractivity contribution < 1.29 is 4.39 Å². The van der Waals surface area contributed by atoms with E-state index in [9.17, 15) is 4.39 Å². The molecule has 134 valence electrons. The molecule has 0 aliphatic carbocycles. The molecular weight excluding hydrogens is 450 g/mol. The van der Waals surface area contributed by atoms with Gasteiger partial charge in [-0.25, -0.2) is 9.38 Å². The summed E-state index contributed by atoms with van der Waals surface area (Å²) in [6.07, 6.45) is 2.79. The van der Waals surface area contributed by atoms with Crippen molar-refractivity contribution in [3.63, 3.8) is 0 Å². The third-order valence-corrected chi connectivity index (χ3v) is 4.59. The number of H-pyrrole nitrogens is 1. The topological polar surface area (TPSA) is 52.2 Å². The summed E-state index contributed by atoms with van der Waals surface area (Å²) in [6.45, 7) is 4.32. The van der Waals surface area contributed by atoms with Crippen LogP contribution in [0, 0.1) is 5.82 Å². The van der Waals surface area contributed by atoms with Gasteiger partial charge in [0.25, 0.3) is 0 Å². The molecule has 0 spiro atoms. The van der Waals surface area contributed by atoms with Gasteiger partial charge in [-0.15, -0.1) is 35.3 Å². The Bertz CT molecular complexity index is 814. The van der Waals surface area contributed by atoms with E-state index in [0.29, 0.717) is 6.54 Å². The zero-order valence-electron chi connectivity index (χ0n) is 14.0. The van der Waals surface area contributed by atoms with E-state index in [1.807, 2.05) is 18.3 Å². The number of fused-ring (bicyclic) bond motifs is 1. The standard InChI is InChI=1S/C18H21FN4S.HI/c1-2-20-18(23-12-15-4-3-9-24-15)21-8-7-13-11-22-17-10-14(19)5-6-16(13)17;/h3-6,9-11,22H,2,7-8,12H2,1H3,(H2,20,21,23);1H. The molecule has 0 radical (unpaired) electrons. The maximum absolute atomic E-state index is 13.2. The highest BCUT2D eigenvalue weighted by Gasteiger charge is 2.05. The highest BCUT2D eigenvalue weighted by atomic mass is 127. The molecule has 0 saturated heterocycles. The minimum atomic E-state index is -0.218. The van der Waals surface area contributed by atoms with Gasteiger partial charge in [-0.1, -0.05) is 6.07 Å². The van der Waals surface area contributed by atoms with E-state index in [4.69, 9.17) is 0 Å². The van der Waals surface area contributed by atoms with Crippen LogP contribution in [0.25, 0.3) is 10.9 Å². The summed E-state index contributed by atoms with van der Waals surface area (Å²) in [4.78, 5) is 8.96. The lowest BCUT2D eigenvalue weighted by Gasteiger charge is -2.10. The lowest BCUT2D eigenvalue weighted by Crippen LogP contribution is -2.38. The number of halogens is 2. The van der Waals surface area contributed by atoms with Crippen molar-refractivity contribution >= 4 is 52.2 Å².